The molecule has 1 aromatic heterocycles. The number of primary amides is 1. The van der Waals surface area contributed by atoms with Crippen molar-refractivity contribution in [3.05, 3.63) is 90.9 Å². The minimum Gasteiger partial charge on any atom is -0.369 e. The number of hydrogen-bond donors (Lipinski definition) is 1. The van der Waals surface area contributed by atoms with E-state index in [1.807, 2.05) is 4.90 Å². The summed E-state index contributed by atoms with van der Waals surface area (Å²) in [6, 6.07) is 3.57. The van der Waals surface area contributed by atoms with Crippen LogP contribution in [0.25, 0.3) is 0 Å². The predicted octanol–water partition coefficient (Wildman–Crippen LogP) is 6.57. The van der Waals surface area contributed by atoms with Gasteiger partial charge in [0, 0.05) is 31.4 Å². The van der Waals surface area contributed by atoms with E-state index < -0.39 is 0 Å². The van der Waals surface area contributed by atoms with Crippen LogP contribution in [0.2, 0.25) is 0 Å². The van der Waals surface area contributed by atoms with Crippen molar-refractivity contribution in [2.75, 3.05) is 13.1 Å². The van der Waals surface area contributed by atoms with Crippen LogP contribution in [0.15, 0.2) is 85.3 Å². The molecular weight excluding hydrogens is 446 g/mol. The number of amides is 2. The zero-order valence-electron chi connectivity index (χ0n) is 21.8. The van der Waals surface area contributed by atoms with Gasteiger partial charge >= 0.3 is 0 Å². The molecule has 2 heterocycles. The van der Waals surface area contributed by atoms with Gasteiger partial charge in [0.25, 0.3) is 5.91 Å². The number of likely N-dealkylation sites (tertiary alicyclic amines) is 1. The molecule has 0 saturated carbocycles. The third kappa shape index (κ3) is 12.0. The fourth-order valence-corrected chi connectivity index (χ4v) is 4.33. The average molecular weight is 490 g/mol. The number of allylic oxidation sites excluding steroid dienone is 10. The van der Waals surface area contributed by atoms with Gasteiger partial charge in [0.05, 0.1) is 5.56 Å². The number of pyridine rings is 1. The quantitative estimate of drug-likeness (QED) is 0.267. The van der Waals surface area contributed by atoms with Crippen molar-refractivity contribution in [2.45, 2.75) is 64.7 Å². The van der Waals surface area contributed by atoms with Gasteiger partial charge in [-0.3, -0.25) is 14.6 Å². The molecule has 2 atom stereocenters. The monoisotopic (exact) mass is 489 g/mol. The molecule has 1 aliphatic rings. The Hall–Kier alpha value is -3.21. The van der Waals surface area contributed by atoms with Crippen molar-refractivity contribution in [1.82, 2.24) is 9.88 Å². The highest BCUT2D eigenvalue weighted by Gasteiger charge is 2.30. The van der Waals surface area contributed by atoms with E-state index in [0.717, 1.165) is 64.3 Å². The first-order chi connectivity index (χ1) is 17.6. The molecule has 2 rings (SSSR count). The van der Waals surface area contributed by atoms with Crippen LogP contribution in [-0.2, 0) is 4.79 Å². The van der Waals surface area contributed by atoms with E-state index in [2.05, 4.69) is 72.7 Å². The van der Waals surface area contributed by atoms with Crippen LogP contribution < -0.4 is 5.73 Å². The number of carbonyl (C=O) groups is 2. The van der Waals surface area contributed by atoms with Gasteiger partial charge < -0.3 is 10.6 Å². The van der Waals surface area contributed by atoms with Crippen molar-refractivity contribution in [3.63, 3.8) is 0 Å². The Balaban J connectivity index is 1.60. The van der Waals surface area contributed by atoms with E-state index in [9.17, 15) is 9.59 Å². The Kier molecular flexibility index (Phi) is 14.6. The summed E-state index contributed by atoms with van der Waals surface area (Å²) in [4.78, 5) is 30.5. The summed E-state index contributed by atoms with van der Waals surface area (Å²) in [5, 5.41) is 0. The molecule has 0 aliphatic carbocycles. The van der Waals surface area contributed by atoms with Crippen molar-refractivity contribution in [1.29, 1.82) is 0 Å². The van der Waals surface area contributed by atoms with E-state index in [4.69, 9.17) is 5.73 Å². The van der Waals surface area contributed by atoms with E-state index in [1.165, 1.54) is 0 Å². The zero-order valence-corrected chi connectivity index (χ0v) is 21.8. The first-order valence-corrected chi connectivity index (χ1v) is 13.3. The second-order valence-electron chi connectivity index (χ2n) is 9.27. The Morgan fingerprint density at radius 1 is 1.00 bits per heavy atom. The van der Waals surface area contributed by atoms with E-state index in [1.54, 1.807) is 24.5 Å². The van der Waals surface area contributed by atoms with Crippen LogP contribution in [0.4, 0.5) is 0 Å². The highest BCUT2D eigenvalue weighted by Crippen LogP contribution is 2.27. The van der Waals surface area contributed by atoms with Crippen molar-refractivity contribution in [3.8, 4) is 0 Å². The number of carbonyl (C=O) groups excluding carboxylic acids is 2. The summed E-state index contributed by atoms with van der Waals surface area (Å²) < 4.78 is 0. The predicted molar refractivity (Wildman–Crippen MR) is 149 cm³/mol. The molecule has 5 nitrogen and oxygen atoms in total. The molecule has 1 unspecified atom stereocenters. The van der Waals surface area contributed by atoms with Crippen molar-refractivity contribution < 1.29 is 9.59 Å². The fraction of sp³-hybridized carbons (Fsp3) is 0.452. The van der Waals surface area contributed by atoms with Gasteiger partial charge in [-0.05, 0) is 75.8 Å². The van der Waals surface area contributed by atoms with Crippen LogP contribution in [0, 0.1) is 11.8 Å². The van der Waals surface area contributed by atoms with Crippen LogP contribution in [-0.4, -0.2) is 34.8 Å². The summed E-state index contributed by atoms with van der Waals surface area (Å²) in [5.41, 5.74) is 6.30. The maximum atomic E-state index is 12.6. The van der Waals surface area contributed by atoms with Gasteiger partial charge in [-0.1, -0.05) is 67.7 Å². The van der Waals surface area contributed by atoms with E-state index in [-0.39, 0.29) is 17.7 Å². The number of rotatable bonds is 16. The number of aromatic nitrogens is 1. The molecule has 2 amide bonds. The Morgan fingerprint density at radius 2 is 1.61 bits per heavy atom. The van der Waals surface area contributed by atoms with Crippen molar-refractivity contribution >= 4 is 11.8 Å². The maximum Gasteiger partial charge on any atom is 0.255 e. The summed E-state index contributed by atoms with van der Waals surface area (Å²) in [5.74, 6) is -0.0543. The van der Waals surface area contributed by atoms with Gasteiger partial charge in [0.2, 0.25) is 5.91 Å². The second kappa shape index (κ2) is 18.1. The molecule has 1 aromatic rings. The minimum atomic E-state index is -0.237. The lowest BCUT2D eigenvalue weighted by Gasteiger charge is -2.19. The molecule has 1 fully saturated rings. The molecule has 36 heavy (non-hydrogen) atoms. The van der Waals surface area contributed by atoms with Gasteiger partial charge in [0.1, 0.15) is 0 Å². The van der Waals surface area contributed by atoms with E-state index >= 15 is 0 Å². The third-order valence-corrected chi connectivity index (χ3v) is 6.34. The molecule has 5 heteroatoms. The SMILES string of the molecule is CCC=CCC=CCC=CCC=CCC=CCCC(C[C@@H]1CCN(C(=O)c2cccnc2)C1)C(N)=O. The first kappa shape index (κ1) is 29.0. The van der Waals surface area contributed by atoms with Gasteiger partial charge in [-0.2, -0.15) is 0 Å². The molecular formula is C31H43N3O2. The Bertz CT molecular complexity index is 915. The standard InChI is InChI=1S/C31H43N3O2/c1-2-3-4-5-6-7-8-9-10-11-12-13-14-15-16-17-19-28(30(32)35)24-27-21-23-34(26-27)31(36)29-20-18-22-33-25-29/h3-4,6-7,9-10,12-13,15-16,18,20,22,25,27-28H,2,5,8,11,14,17,19,21,23-24,26H2,1H3,(H2,32,35)/t27-,28?/m0/s1. The summed E-state index contributed by atoms with van der Waals surface area (Å²) in [6.45, 7) is 3.55. The molecule has 0 spiro atoms. The third-order valence-electron chi connectivity index (χ3n) is 6.34. The summed E-state index contributed by atoms with van der Waals surface area (Å²) >= 11 is 0. The second-order valence-corrected chi connectivity index (χ2v) is 9.27. The van der Waals surface area contributed by atoms with Crippen molar-refractivity contribution in [2.24, 2.45) is 17.6 Å². The lowest BCUT2D eigenvalue weighted by Crippen LogP contribution is -2.30. The smallest absolute Gasteiger partial charge is 0.255 e. The summed E-state index contributed by atoms with van der Waals surface area (Å²) in [7, 11) is 0. The van der Waals surface area contributed by atoms with Gasteiger partial charge in [-0.15, -0.1) is 0 Å². The molecule has 1 aliphatic heterocycles. The minimum absolute atomic E-state index is 0.0139. The zero-order chi connectivity index (χ0) is 25.8. The maximum absolute atomic E-state index is 12.6. The average Bonchev–Trinajstić information content (AvgIpc) is 3.36. The molecule has 0 bridgehead atoms. The number of hydrogen-bond acceptors (Lipinski definition) is 3. The molecule has 1 saturated heterocycles. The van der Waals surface area contributed by atoms with Crippen LogP contribution >= 0.6 is 0 Å². The molecule has 194 valence electrons. The normalized spacial score (nSPS) is 17.5. The Morgan fingerprint density at radius 3 is 2.17 bits per heavy atom. The van der Waals surface area contributed by atoms with Crippen LogP contribution in [0.3, 0.4) is 0 Å². The number of nitrogens with zero attached hydrogens (tertiary/aromatic N) is 2. The largest absolute Gasteiger partial charge is 0.369 e. The lowest BCUT2D eigenvalue weighted by atomic mass is 9.90. The Labute approximate surface area is 217 Å². The first-order valence-electron chi connectivity index (χ1n) is 13.3. The van der Waals surface area contributed by atoms with Crippen LogP contribution in [0.5, 0.6) is 0 Å². The number of nitrogens with two attached hydrogens (primary N) is 1. The van der Waals surface area contributed by atoms with E-state index in [0.29, 0.717) is 18.0 Å². The lowest BCUT2D eigenvalue weighted by molar-refractivity contribution is -0.122. The highest BCUT2D eigenvalue weighted by molar-refractivity contribution is 5.94. The summed E-state index contributed by atoms with van der Waals surface area (Å²) in [6.07, 6.45) is 33.3. The molecule has 2 N–H and O–H groups in total. The highest BCUT2D eigenvalue weighted by atomic mass is 16.2. The topological polar surface area (TPSA) is 76.3 Å². The van der Waals surface area contributed by atoms with Gasteiger partial charge in [-0.25, -0.2) is 0 Å². The molecule has 0 aromatic carbocycles. The van der Waals surface area contributed by atoms with Gasteiger partial charge in [0.15, 0.2) is 0 Å². The fourth-order valence-electron chi connectivity index (χ4n) is 4.33. The molecule has 0 radical (unpaired) electrons. The van der Waals surface area contributed by atoms with Crippen LogP contribution in [0.1, 0.15) is 75.1 Å².